The molecule has 2 aliphatic rings. The molecule has 0 N–H and O–H groups in total. The maximum Gasteiger partial charge on any atom is 0.586 e. The van der Waals surface area contributed by atoms with Crippen LogP contribution in [0.1, 0.15) is 16.0 Å². The van der Waals surface area contributed by atoms with Gasteiger partial charge in [0.05, 0.1) is 5.69 Å². The van der Waals surface area contributed by atoms with Gasteiger partial charge in [0.1, 0.15) is 0 Å². The number of nitrogens with zero attached hydrogens (tertiary/aromatic N) is 3. The van der Waals surface area contributed by atoms with Crippen molar-refractivity contribution in [1.29, 1.82) is 0 Å². The lowest BCUT2D eigenvalue weighted by Crippen LogP contribution is -2.26. The van der Waals surface area contributed by atoms with Crippen LogP contribution in [0.5, 0.6) is 11.5 Å². The van der Waals surface area contributed by atoms with Crippen LogP contribution in [-0.4, -0.2) is 21.8 Å². The van der Waals surface area contributed by atoms with E-state index in [2.05, 4.69) is 14.5 Å². The molecule has 0 atom stereocenters. The molecule has 2 aliphatic heterocycles. The van der Waals surface area contributed by atoms with E-state index in [1.165, 1.54) is 23.5 Å². The first kappa shape index (κ1) is 17.9. The van der Waals surface area contributed by atoms with Crippen molar-refractivity contribution in [2.45, 2.75) is 26.3 Å². The van der Waals surface area contributed by atoms with E-state index in [0.717, 1.165) is 16.0 Å². The number of urea groups is 1. The van der Waals surface area contributed by atoms with Crippen LogP contribution >= 0.6 is 11.3 Å². The number of rotatable bonds is 1. The largest absolute Gasteiger partial charge is 0.586 e. The van der Waals surface area contributed by atoms with Crippen molar-refractivity contribution in [3.63, 3.8) is 0 Å². The first-order valence-electron chi connectivity index (χ1n) is 8.88. The van der Waals surface area contributed by atoms with Crippen LogP contribution in [0, 0.1) is 6.92 Å². The van der Waals surface area contributed by atoms with Crippen molar-refractivity contribution in [3.05, 3.63) is 69.5 Å². The minimum absolute atomic E-state index is 0.0318. The molecular formula is C20H15F2N3O3S. The quantitative estimate of drug-likeness (QED) is 0.599. The van der Waals surface area contributed by atoms with Crippen LogP contribution in [0.25, 0.3) is 5.69 Å². The summed E-state index contributed by atoms with van der Waals surface area (Å²) in [4.78, 5) is 20.1. The molecule has 2 aromatic carbocycles. The maximum absolute atomic E-state index is 13.3. The molecule has 0 bridgehead atoms. The van der Waals surface area contributed by atoms with Gasteiger partial charge in [-0.05, 0) is 30.2 Å². The molecule has 5 rings (SSSR count). The first-order valence-corrected chi connectivity index (χ1v) is 9.69. The molecule has 6 nitrogen and oxygen atoms in total. The number of fused-ring (bicyclic) bond motifs is 2. The van der Waals surface area contributed by atoms with Crippen LogP contribution in [0.3, 0.4) is 0 Å². The molecule has 9 heteroatoms. The number of thiazole rings is 1. The number of benzene rings is 2. The molecule has 0 fully saturated rings. The molecule has 29 heavy (non-hydrogen) atoms. The normalized spacial score (nSPS) is 16.9. The molecule has 3 heterocycles. The summed E-state index contributed by atoms with van der Waals surface area (Å²) >= 11 is 1.34. The average molecular weight is 415 g/mol. The monoisotopic (exact) mass is 415 g/mol. The molecule has 0 unspecified atom stereocenters. The van der Waals surface area contributed by atoms with E-state index >= 15 is 0 Å². The number of halogens is 2. The number of aromatic nitrogens is 1. The van der Waals surface area contributed by atoms with Crippen LogP contribution in [0.15, 0.2) is 53.7 Å². The van der Waals surface area contributed by atoms with Crippen LogP contribution in [-0.2, 0) is 13.1 Å². The zero-order valence-corrected chi connectivity index (χ0v) is 16.1. The van der Waals surface area contributed by atoms with Gasteiger partial charge in [-0.3, -0.25) is 4.57 Å². The van der Waals surface area contributed by atoms with Gasteiger partial charge in [-0.1, -0.05) is 24.3 Å². The van der Waals surface area contributed by atoms with Gasteiger partial charge < -0.3 is 14.4 Å². The van der Waals surface area contributed by atoms with E-state index in [-0.39, 0.29) is 17.5 Å². The third kappa shape index (κ3) is 3.27. The van der Waals surface area contributed by atoms with E-state index in [1.807, 2.05) is 31.2 Å². The number of ether oxygens (including phenoxy) is 2. The van der Waals surface area contributed by atoms with Gasteiger partial charge in [-0.2, -0.15) is 4.99 Å². The minimum Gasteiger partial charge on any atom is -0.395 e. The van der Waals surface area contributed by atoms with E-state index in [9.17, 15) is 13.6 Å². The number of aryl methyl sites for hydroxylation is 1. The van der Waals surface area contributed by atoms with E-state index < -0.39 is 6.29 Å². The zero-order valence-electron chi connectivity index (χ0n) is 15.3. The predicted octanol–water partition coefficient (Wildman–Crippen LogP) is 4.21. The lowest BCUT2D eigenvalue weighted by molar-refractivity contribution is -0.286. The van der Waals surface area contributed by atoms with Crippen molar-refractivity contribution in [2.75, 3.05) is 0 Å². The van der Waals surface area contributed by atoms with Crippen molar-refractivity contribution >= 4 is 17.4 Å². The number of amides is 2. The maximum atomic E-state index is 13.3. The highest BCUT2D eigenvalue weighted by Gasteiger charge is 2.43. The Bertz CT molecular complexity index is 1180. The van der Waals surface area contributed by atoms with Crippen molar-refractivity contribution in [1.82, 2.24) is 9.47 Å². The molecule has 0 radical (unpaired) electrons. The van der Waals surface area contributed by atoms with Crippen LogP contribution in [0.2, 0.25) is 0 Å². The Labute approximate surface area is 168 Å². The Morgan fingerprint density at radius 3 is 2.52 bits per heavy atom. The average Bonchev–Trinajstić information content (AvgIpc) is 3.34. The summed E-state index contributed by atoms with van der Waals surface area (Å²) in [6, 6.07) is 12.0. The van der Waals surface area contributed by atoms with Gasteiger partial charge in [0.2, 0.25) is 0 Å². The first-order chi connectivity index (χ1) is 13.9. The SMILES string of the molecule is Cc1cn(-c2ccc3c(c2)OC(F)(F)O3)c(=NC(=O)N2Cc3ccccc3C2)s1. The second-order valence-corrected chi connectivity index (χ2v) is 8.03. The Kier molecular flexibility index (Phi) is 3.95. The fourth-order valence-corrected chi connectivity index (χ4v) is 4.25. The smallest absolute Gasteiger partial charge is 0.395 e. The fraction of sp³-hybridized carbons (Fsp3) is 0.200. The summed E-state index contributed by atoms with van der Waals surface area (Å²) in [6.45, 7) is 2.92. The van der Waals surface area contributed by atoms with E-state index in [1.54, 1.807) is 21.7 Å². The van der Waals surface area contributed by atoms with Gasteiger partial charge in [-0.25, -0.2) is 4.79 Å². The topological polar surface area (TPSA) is 56.1 Å². The molecule has 0 spiro atoms. The zero-order chi connectivity index (χ0) is 20.2. The van der Waals surface area contributed by atoms with Crippen LogP contribution in [0.4, 0.5) is 13.6 Å². The molecule has 1 aromatic heterocycles. The number of alkyl halides is 2. The Morgan fingerprint density at radius 1 is 1.10 bits per heavy atom. The van der Waals surface area contributed by atoms with Crippen LogP contribution < -0.4 is 14.3 Å². The third-order valence-electron chi connectivity index (χ3n) is 4.73. The minimum atomic E-state index is -3.68. The third-order valence-corrected chi connectivity index (χ3v) is 5.63. The Hall–Kier alpha value is -3.20. The molecule has 2 amide bonds. The Balaban J connectivity index is 1.47. The molecule has 0 saturated heterocycles. The van der Waals surface area contributed by atoms with Crippen molar-refractivity contribution in [2.24, 2.45) is 4.99 Å². The second kappa shape index (κ2) is 6.41. The Morgan fingerprint density at radius 2 is 1.79 bits per heavy atom. The van der Waals surface area contributed by atoms with Gasteiger partial charge in [0, 0.05) is 30.2 Å². The number of carbonyl (C=O) groups is 1. The standard InChI is InChI=1S/C20H15F2N3O3S/c1-12-9-25(15-6-7-16-17(8-15)28-20(21,22)27-16)19(29-12)23-18(26)24-10-13-4-2-3-5-14(13)11-24/h2-9H,10-11H2,1H3. The lowest BCUT2D eigenvalue weighted by atomic mass is 10.1. The highest BCUT2D eigenvalue weighted by atomic mass is 32.1. The van der Waals surface area contributed by atoms with Gasteiger partial charge in [0.15, 0.2) is 16.3 Å². The predicted molar refractivity (Wildman–Crippen MR) is 101 cm³/mol. The summed E-state index contributed by atoms with van der Waals surface area (Å²) in [6.07, 6.45) is -1.88. The lowest BCUT2D eigenvalue weighted by Gasteiger charge is -2.11. The summed E-state index contributed by atoms with van der Waals surface area (Å²) in [7, 11) is 0. The summed E-state index contributed by atoms with van der Waals surface area (Å²) in [5.74, 6) is -0.0909. The van der Waals surface area contributed by atoms with Crippen molar-refractivity contribution in [3.8, 4) is 17.2 Å². The second-order valence-electron chi connectivity index (χ2n) is 6.81. The number of hydrogen-bond acceptors (Lipinski definition) is 4. The molecule has 0 aliphatic carbocycles. The molecule has 148 valence electrons. The van der Waals surface area contributed by atoms with E-state index in [4.69, 9.17) is 0 Å². The van der Waals surface area contributed by atoms with Gasteiger partial charge in [0.25, 0.3) is 0 Å². The molecular weight excluding hydrogens is 400 g/mol. The summed E-state index contributed by atoms with van der Waals surface area (Å²) in [5.41, 5.74) is 2.77. The highest BCUT2D eigenvalue weighted by Crippen LogP contribution is 2.41. The molecule has 3 aromatic rings. The summed E-state index contributed by atoms with van der Waals surface area (Å²) in [5, 5.41) is 0. The highest BCUT2D eigenvalue weighted by molar-refractivity contribution is 7.09. The van der Waals surface area contributed by atoms with Gasteiger partial charge >= 0.3 is 12.3 Å². The molecule has 0 saturated carbocycles. The van der Waals surface area contributed by atoms with Gasteiger partial charge in [-0.15, -0.1) is 20.1 Å². The van der Waals surface area contributed by atoms with E-state index in [0.29, 0.717) is 23.6 Å². The fourth-order valence-electron chi connectivity index (χ4n) is 3.43. The number of carbonyl (C=O) groups excluding carboxylic acids is 1. The number of hydrogen-bond donors (Lipinski definition) is 0. The summed E-state index contributed by atoms with van der Waals surface area (Å²) < 4.78 is 37.2. The van der Waals surface area contributed by atoms with Crippen molar-refractivity contribution < 1.29 is 23.0 Å².